The molecule has 2 heterocycles. The molecule has 0 atom stereocenters. The molecule has 3 nitrogen and oxygen atoms in total. The molecule has 0 bridgehead atoms. The number of amides is 1. The molecular weight excluding hydrogens is 194 g/mol. The highest BCUT2D eigenvalue weighted by molar-refractivity contribution is 7.27. The van der Waals surface area contributed by atoms with Gasteiger partial charge in [0.05, 0.1) is 4.88 Å². The first kappa shape index (κ1) is 7.72. The first-order valence-electron chi connectivity index (χ1n) is 3.23. The highest BCUT2D eigenvalue weighted by Gasteiger charge is 2.08. The molecule has 0 fully saturated rings. The molecule has 2 aromatic heterocycles. The summed E-state index contributed by atoms with van der Waals surface area (Å²) in [7, 11) is 0. The number of thiophene rings is 2. The first-order chi connectivity index (χ1) is 5.81. The highest BCUT2D eigenvalue weighted by atomic mass is 32.1. The SMILES string of the molecule is O=C(NO)c1cc2sccc2s1. The fourth-order valence-electron chi connectivity index (χ4n) is 0.933. The molecular formula is C7H5NO2S2. The zero-order chi connectivity index (χ0) is 8.55. The lowest BCUT2D eigenvalue weighted by atomic mass is 10.4. The van der Waals surface area contributed by atoms with Crippen molar-refractivity contribution in [3.05, 3.63) is 22.4 Å². The van der Waals surface area contributed by atoms with Crippen LogP contribution in [-0.2, 0) is 0 Å². The molecule has 0 unspecified atom stereocenters. The van der Waals surface area contributed by atoms with E-state index >= 15 is 0 Å². The van der Waals surface area contributed by atoms with E-state index in [2.05, 4.69) is 0 Å². The molecule has 0 aliphatic rings. The van der Waals surface area contributed by atoms with Gasteiger partial charge < -0.3 is 0 Å². The van der Waals surface area contributed by atoms with E-state index in [1.165, 1.54) is 11.3 Å². The molecule has 0 aliphatic carbocycles. The Balaban J connectivity index is 2.51. The Bertz CT molecular complexity index is 389. The van der Waals surface area contributed by atoms with Crippen LogP contribution in [0.5, 0.6) is 0 Å². The van der Waals surface area contributed by atoms with E-state index in [9.17, 15) is 4.79 Å². The van der Waals surface area contributed by atoms with Gasteiger partial charge in [0.25, 0.3) is 5.91 Å². The molecule has 2 N–H and O–H groups in total. The summed E-state index contributed by atoms with van der Waals surface area (Å²) in [6, 6.07) is 3.73. The van der Waals surface area contributed by atoms with Gasteiger partial charge in [0, 0.05) is 9.40 Å². The van der Waals surface area contributed by atoms with Crippen LogP contribution < -0.4 is 5.48 Å². The summed E-state index contributed by atoms with van der Waals surface area (Å²) >= 11 is 2.96. The maximum atomic E-state index is 10.9. The molecule has 2 rings (SSSR count). The maximum absolute atomic E-state index is 10.9. The Kier molecular flexibility index (Phi) is 1.84. The van der Waals surface area contributed by atoms with E-state index in [1.54, 1.807) is 22.9 Å². The van der Waals surface area contributed by atoms with Gasteiger partial charge in [0.1, 0.15) is 0 Å². The quantitative estimate of drug-likeness (QED) is 0.545. The first-order valence-corrected chi connectivity index (χ1v) is 4.92. The fourth-order valence-corrected chi connectivity index (χ4v) is 2.93. The number of fused-ring (bicyclic) bond motifs is 1. The average molecular weight is 199 g/mol. The molecule has 0 saturated heterocycles. The minimum absolute atomic E-state index is 0.441. The van der Waals surface area contributed by atoms with Gasteiger partial charge in [0.2, 0.25) is 0 Å². The van der Waals surface area contributed by atoms with E-state index in [0.29, 0.717) is 4.88 Å². The van der Waals surface area contributed by atoms with Crippen molar-refractivity contribution in [2.24, 2.45) is 0 Å². The molecule has 12 heavy (non-hydrogen) atoms. The van der Waals surface area contributed by atoms with Crippen LogP contribution in [-0.4, -0.2) is 11.1 Å². The molecule has 0 spiro atoms. The van der Waals surface area contributed by atoms with Gasteiger partial charge in [-0.05, 0) is 17.5 Å². The second kappa shape index (κ2) is 2.85. The third-order valence-electron chi connectivity index (χ3n) is 1.46. The maximum Gasteiger partial charge on any atom is 0.284 e. The van der Waals surface area contributed by atoms with Crippen molar-refractivity contribution in [2.45, 2.75) is 0 Å². The average Bonchev–Trinajstić information content (AvgIpc) is 2.60. The van der Waals surface area contributed by atoms with Crippen LogP contribution in [0.4, 0.5) is 0 Å². The van der Waals surface area contributed by atoms with Gasteiger partial charge in [-0.3, -0.25) is 10.0 Å². The van der Waals surface area contributed by atoms with E-state index in [1.807, 2.05) is 11.4 Å². The number of rotatable bonds is 1. The minimum atomic E-state index is -0.441. The molecule has 2 aromatic rings. The molecule has 0 saturated carbocycles. The Hall–Kier alpha value is -0.910. The summed E-state index contributed by atoms with van der Waals surface area (Å²) in [5.74, 6) is -0.441. The smallest absolute Gasteiger partial charge is 0.284 e. The van der Waals surface area contributed by atoms with Crippen LogP contribution in [0.25, 0.3) is 9.40 Å². The van der Waals surface area contributed by atoms with Crippen molar-refractivity contribution in [1.29, 1.82) is 0 Å². The molecule has 0 radical (unpaired) electrons. The van der Waals surface area contributed by atoms with Crippen LogP contribution in [0.2, 0.25) is 0 Å². The number of carbonyl (C=O) groups excluding carboxylic acids is 1. The van der Waals surface area contributed by atoms with Gasteiger partial charge >= 0.3 is 0 Å². The van der Waals surface area contributed by atoms with E-state index in [-0.39, 0.29) is 0 Å². The third kappa shape index (κ3) is 1.12. The number of hydroxylamine groups is 1. The number of hydrogen-bond donors (Lipinski definition) is 2. The summed E-state index contributed by atoms with van der Waals surface area (Å²) < 4.78 is 2.16. The number of hydrogen-bond acceptors (Lipinski definition) is 4. The third-order valence-corrected chi connectivity index (χ3v) is 3.56. The largest absolute Gasteiger partial charge is 0.288 e. The van der Waals surface area contributed by atoms with E-state index < -0.39 is 5.91 Å². The van der Waals surface area contributed by atoms with Crippen LogP contribution in [0.3, 0.4) is 0 Å². The van der Waals surface area contributed by atoms with E-state index in [4.69, 9.17) is 5.21 Å². The van der Waals surface area contributed by atoms with Crippen molar-refractivity contribution < 1.29 is 10.0 Å². The molecule has 62 valence electrons. The normalized spacial score (nSPS) is 10.4. The van der Waals surface area contributed by atoms with Gasteiger partial charge in [-0.2, -0.15) is 0 Å². The Morgan fingerprint density at radius 1 is 1.50 bits per heavy atom. The summed E-state index contributed by atoms with van der Waals surface area (Å²) in [6.45, 7) is 0. The number of carbonyl (C=O) groups is 1. The molecule has 1 amide bonds. The Morgan fingerprint density at radius 3 is 3.00 bits per heavy atom. The summed E-state index contributed by atoms with van der Waals surface area (Å²) in [6.07, 6.45) is 0. The lowest BCUT2D eigenvalue weighted by molar-refractivity contribution is 0.0711. The van der Waals surface area contributed by atoms with Crippen LogP contribution in [0, 0.1) is 0 Å². The second-order valence-electron chi connectivity index (χ2n) is 2.20. The molecule has 0 aliphatic heterocycles. The minimum Gasteiger partial charge on any atom is -0.288 e. The zero-order valence-electron chi connectivity index (χ0n) is 5.90. The van der Waals surface area contributed by atoms with Crippen molar-refractivity contribution in [3.63, 3.8) is 0 Å². The van der Waals surface area contributed by atoms with Gasteiger partial charge in [0.15, 0.2) is 0 Å². The highest BCUT2D eigenvalue weighted by Crippen LogP contribution is 2.29. The predicted molar refractivity (Wildman–Crippen MR) is 49.0 cm³/mol. The Labute approximate surface area is 76.2 Å². The van der Waals surface area contributed by atoms with Crippen molar-refractivity contribution in [2.75, 3.05) is 0 Å². The molecule has 0 aromatic carbocycles. The molecule has 5 heteroatoms. The van der Waals surface area contributed by atoms with Crippen LogP contribution in [0.15, 0.2) is 17.5 Å². The second-order valence-corrected chi connectivity index (χ2v) is 4.23. The lowest BCUT2D eigenvalue weighted by Gasteiger charge is -1.89. The summed E-state index contributed by atoms with van der Waals surface area (Å²) in [4.78, 5) is 11.5. The van der Waals surface area contributed by atoms with E-state index in [0.717, 1.165) is 9.40 Å². The monoisotopic (exact) mass is 199 g/mol. The topological polar surface area (TPSA) is 49.3 Å². The summed E-state index contributed by atoms with van der Waals surface area (Å²) in [5.41, 5.74) is 1.61. The van der Waals surface area contributed by atoms with Crippen LogP contribution >= 0.6 is 22.7 Å². The van der Waals surface area contributed by atoms with Crippen molar-refractivity contribution >= 4 is 38.0 Å². The summed E-state index contributed by atoms with van der Waals surface area (Å²) in [5, 5.41) is 10.3. The predicted octanol–water partition coefficient (Wildman–Crippen LogP) is 2.08. The van der Waals surface area contributed by atoms with Gasteiger partial charge in [-0.1, -0.05) is 0 Å². The van der Waals surface area contributed by atoms with Gasteiger partial charge in [-0.15, -0.1) is 22.7 Å². The zero-order valence-corrected chi connectivity index (χ0v) is 7.54. The van der Waals surface area contributed by atoms with Crippen LogP contribution in [0.1, 0.15) is 9.67 Å². The van der Waals surface area contributed by atoms with Crippen molar-refractivity contribution in [1.82, 2.24) is 5.48 Å². The van der Waals surface area contributed by atoms with Gasteiger partial charge in [-0.25, -0.2) is 5.48 Å². The van der Waals surface area contributed by atoms with Crippen molar-refractivity contribution in [3.8, 4) is 0 Å². The standard InChI is InChI=1S/C7H5NO2S2/c9-7(8-10)6-3-5-4(12-6)1-2-11-5/h1-3,10H,(H,8,9). The Morgan fingerprint density at radius 2 is 2.33 bits per heavy atom. The lowest BCUT2D eigenvalue weighted by Crippen LogP contribution is -2.16. The fraction of sp³-hybridized carbons (Fsp3) is 0. The number of nitrogens with one attached hydrogen (secondary N) is 1.